The zero-order chi connectivity index (χ0) is 28.5. The number of aryl methyl sites for hydroxylation is 2. The SMILES string of the molecule is CCc1ccc(-c2cc(-c3ccccc3)c3ccc4c(-c5ccccc5)cc(-c5ccc(CC)cc5)nc4c3n2)cc1. The van der Waals surface area contributed by atoms with Crippen molar-refractivity contribution in [1.29, 1.82) is 0 Å². The maximum Gasteiger partial charge on any atom is 0.0978 e. The highest BCUT2D eigenvalue weighted by molar-refractivity contribution is 6.13. The lowest BCUT2D eigenvalue weighted by molar-refractivity contribution is 1.14. The Balaban J connectivity index is 1.57. The van der Waals surface area contributed by atoms with Crippen LogP contribution in [0.1, 0.15) is 25.0 Å². The van der Waals surface area contributed by atoms with Crippen LogP contribution in [0.15, 0.2) is 133 Å². The Morgan fingerprint density at radius 3 is 1.14 bits per heavy atom. The Morgan fingerprint density at radius 2 is 0.786 bits per heavy atom. The molecule has 2 heteroatoms. The molecule has 0 saturated heterocycles. The van der Waals surface area contributed by atoms with Gasteiger partial charge in [-0.1, -0.05) is 135 Å². The van der Waals surface area contributed by atoms with Crippen LogP contribution < -0.4 is 0 Å². The zero-order valence-corrected chi connectivity index (χ0v) is 24.0. The number of hydrogen-bond acceptors (Lipinski definition) is 2. The van der Waals surface area contributed by atoms with Crippen molar-refractivity contribution in [1.82, 2.24) is 9.97 Å². The van der Waals surface area contributed by atoms with E-state index in [1.54, 1.807) is 0 Å². The monoisotopic (exact) mass is 540 g/mol. The summed E-state index contributed by atoms with van der Waals surface area (Å²) >= 11 is 0. The lowest BCUT2D eigenvalue weighted by Crippen LogP contribution is -1.96. The van der Waals surface area contributed by atoms with Crippen molar-refractivity contribution in [2.75, 3.05) is 0 Å². The van der Waals surface area contributed by atoms with Crippen LogP contribution in [0.25, 0.3) is 66.6 Å². The molecule has 0 aliphatic carbocycles. The van der Waals surface area contributed by atoms with Crippen molar-refractivity contribution < 1.29 is 0 Å². The molecule has 5 aromatic carbocycles. The van der Waals surface area contributed by atoms with Gasteiger partial charge in [0.15, 0.2) is 0 Å². The van der Waals surface area contributed by atoms with Gasteiger partial charge in [-0.15, -0.1) is 0 Å². The molecule has 0 bridgehead atoms. The third-order valence-corrected chi connectivity index (χ3v) is 8.24. The van der Waals surface area contributed by atoms with Gasteiger partial charge >= 0.3 is 0 Å². The van der Waals surface area contributed by atoms with Gasteiger partial charge in [-0.3, -0.25) is 0 Å². The van der Waals surface area contributed by atoms with Crippen molar-refractivity contribution in [3.05, 3.63) is 145 Å². The van der Waals surface area contributed by atoms with Gasteiger partial charge in [-0.2, -0.15) is 0 Å². The first kappa shape index (κ1) is 25.9. The second kappa shape index (κ2) is 11.1. The molecule has 7 rings (SSSR count). The Hall–Kier alpha value is -5.08. The summed E-state index contributed by atoms with van der Waals surface area (Å²) in [6.45, 7) is 4.37. The maximum atomic E-state index is 5.35. The first-order valence-electron chi connectivity index (χ1n) is 14.8. The minimum Gasteiger partial charge on any atom is -0.245 e. The molecule has 2 aromatic heterocycles. The van der Waals surface area contributed by atoms with Crippen molar-refractivity contribution >= 4 is 21.8 Å². The average Bonchev–Trinajstić information content (AvgIpc) is 3.08. The van der Waals surface area contributed by atoms with E-state index in [0.29, 0.717) is 0 Å². The van der Waals surface area contributed by atoms with Crippen LogP contribution >= 0.6 is 0 Å². The Morgan fingerprint density at radius 1 is 0.405 bits per heavy atom. The van der Waals surface area contributed by atoms with Crippen LogP contribution in [-0.2, 0) is 12.8 Å². The van der Waals surface area contributed by atoms with Crippen molar-refractivity contribution in [2.45, 2.75) is 26.7 Å². The molecular formula is C40H32N2. The van der Waals surface area contributed by atoms with E-state index < -0.39 is 0 Å². The second-order valence-electron chi connectivity index (χ2n) is 10.8. The summed E-state index contributed by atoms with van der Waals surface area (Å²) in [6.07, 6.45) is 2.03. The number of aromatic nitrogens is 2. The minimum absolute atomic E-state index is 0.924. The number of pyridine rings is 2. The molecule has 2 heterocycles. The van der Waals surface area contributed by atoms with E-state index in [9.17, 15) is 0 Å². The number of nitrogens with zero attached hydrogens (tertiary/aromatic N) is 2. The summed E-state index contributed by atoms with van der Waals surface area (Å²) in [5, 5.41) is 2.21. The third kappa shape index (κ3) is 4.76. The van der Waals surface area contributed by atoms with Crippen LogP contribution in [-0.4, -0.2) is 9.97 Å². The van der Waals surface area contributed by atoms with Crippen LogP contribution in [0.3, 0.4) is 0 Å². The van der Waals surface area contributed by atoms with E-state index in [-0.39, 0.29) is 0 Å². The van der Waals surface area contributed by atoms with Crippen molar-refractivity contribution in [3.8, 4) is 44.8 Å². The smallest absolute Gasteiger partial charge is 0.0978 e. The molecule has 0 aliphatic rings. The highest BCUT2D eigenvalue weighted by atomic mass is 14.8. The fourth-order valence-corrected chi connectivity index (χ4v) is 5.81. The van der Waals surface area contributed by atoms with Gasteiger partial charge in [0.2, 0.25) is 0 Å². The lowest BCUT2D eigenvalue weighted by atomic mass is 9.93. The summed E-state index contributed by atoms with van der Waals surface area (Å²) in [5.41, 5.74) is 13.3. The molecule has 0 spiro atoms. The molecule has 0 atom stereocenters. The van der Waals surface area contributed by atoms with Crippen LogP contribution in [0.2, 0.25) is 0 Å². The van der Waals surface area contributed by atoms with Crippen LogP contribution in [0.5, 0.6) is 0 Å². The van der Waals surface area contributed by atoms with E-state index in [4.69, 9.17) is 9.97 Å². The van der Waals surface area contributed by atoms with Gasteiger partial charge in [-0.05, 0) is 58.4 Å². The molecule has 42 heavy (non-hydrogen) atoms. The molecule has 0 amide bonds. The first-order valence-corrected chi connectivity index (χ1v) is 14.8. The van der Waals surface area contributed by atoms with E-state index >= 15 is 0 Å². The fourth-order valence-electron chi connectivity index (χ4n) is 5.81. The largest absolute Gasteiger partial charge is 0.245 e. The predicted molar refractivity (Wildman–Crippen MR) is 178 cm³/mol. The highest BCUT2D eigenvalue weighted by Gasteiger charge is 2.17. The minimum atomic E-state index is 0.924. The van der Waals surface area contributed by atoms with Gasteiger partial charge in [-0.25, -0.2) is 9.97 Å². The molecular weight excluding hydrogens is 508 g/mol. The topological polar surface area (TPSA) is 25.8 Å². The van der Waals surface area contributed by atoms with Gasteiger partial charge in [0.1, 0.15) is 0 Å². The summed E-state index contributed by atoms with van der Waals surface area (Å²) in [6, 6.07) is 47.7. The molecule has 7 aromatic rings. The molecule has 0 radical (unpaired) electrons. The van der Waals surface area contributed by atoms with Crippen molar-refractivity contribution in [2.24, 2.45) is 0 Å². The molecule has 202 valence electrons. The molecule has 0 aliphatic heterocycles. The molecule has 0 unspecified atom stereocenters. The number of rotatable bonds is 6. The molecule has 0 fully saturated rings. The number of benzene rings is 5. The van der Waals surface area contributed by atoms with Crippen LogP contribution in [0.4, 0.5) is 0 Å². The first-order chi connectivity index (χ1) is 20.7. The Labute approximate surface area is 247 Å². The van der Waals surface area contributed by atoms with E-state index in [2.05, 4.69) is 147 Å². The Bertz CT molecular complexity index is 1860. The lowest BCUT2D eigenvalue weighted by Gasteiger charge is -2.15. The molecule has 2 nitrogen and oxygen atoms in total. The maximum absolute atomic E-state index is 5.35. The zero-order valence-electron chi connectivity index (χ0n) is 24.0. The molecule has 0 saturated carbocycles. The van der Waals surface area contributed by atoms with Crippen molar-refractivity contribution in [3.63, 3.8) is 0 Å². The van der Waals surface area contributed by atoms with E-state index in [1.807, 2.05) is 0 Å². The van der Waals surface area contributed by atoms with Gasteiger partial charge in [0.05, 0.1) is 22.4 Å². The normalized spacial score (nSPS) is 11.3. The average molecular weight is 541 g/mol. The standard InChI is InChI=1S/C40H32N2/c1-3-27-15-19-31(20-16-27)37-25-35(29-11-7-5-8-12-29)33-23-24-34-36(30-13-9-6-10-14-30)26-38(42-40(34)39(33)41-37)32-21-17-28(4-2)18-22-32/h5-26H,3-4H2,1-2H3. The molecule has 0 N–H and O–H groups in total. The highest BCUT2D eigenvalue weighted by Crippen LogP contribution is 2.39. The van der Waals surface area contributed by atoms with Crippen LogP contribution in [0, 0.1) is 0 Å². The third-order valence-electron chi connectivity index (χ3n) is 8.24. The van der Waals surface area contributed by atoms with Gasteiger partial charge in [0, 0.05) is 21.9 Å². The quantitative estimate of drug-likeness (QED) is 0.196. The predicted octanol–water partition coefficient (Wildman–Crippen LogP) is 10.6. The summed E-state index contributed by atoms with van der Waals surface area (Å²) < 4.78 is 0. The van der Waals surface area contributed by atoms with Gasteiger partial charge < -0.3 is 0 Å². The fraction of sp³-hybridized carbons (Fsp3) is 0.100. The Kier molecular flexibility index (Phi) is 6.81. The van der Waals surface area contributed by atoms with Gasteiger partial charge in [0.25, 0.3) is 0 Å². The number of hydrogen-bond donors (Lipinski definition) is 0. The second-order valence-corrected chi connectivity index (χ2v) is 10.8. The number of fused-ring (bicyclic) bond motifs is 3. The van der Waals surface area contributed by atoms with E-state index in [1.165, 1.54) is 22.3 Å². The van der Waals surface area contributed by atoms with E-state index in [0.717, 1.165) is 68.3 Å². The summed E-state index contributed by atoms with van der Waals surface area (Å²) in [5.74, 6) is 0. The summed E-state index contributed by atoms with van der Waals surface area (Å²) in [7, 11) is 0. The summed E-state index contributed by atoms with van der Waals surface area (Å²) in [4.78, 5) is 10.7.